The normalized spacial score (nSPS) is 18.3. The van der Waals surface area contributed by atoms with Gasteiger partial charge in [0.1, 0.15) is 0 Å². The van der Waals surface area contributed by atoms with Crippen molar-refractivity contribution in [1.82, 2.24) is 10.6 Å². The summed E-state index contributed by atoms with van der Waals surface area (Å²) in [5.74, 6) is 0.910. The van der Waals surface area contributed by atoms with Crippen molar-refractivity contribution in [3.8, 4) is 0 Å². The lowest BCUT2D eigenvalue weighted by Crippen LogP contribution is -2.44. The molecule has 1 aromatic rings. The lowest BCUT2D eigenvalue weighted by molar-refractivity contribution is 0.650. The van der Waals surface area contributed by atoms with Gasteiger partial charge in [0.25, 0.3) is 0 Å². The van der Waals surface area contributed by atoms with Crippen molar-refractivity contribution in [2.75, 3.05) is 31.1 Å². The maximum atomic E-state index is 6.06. The van der Waals surface area contributed by atoms with Gasteiger partial charge in [0.05, 0.1) is 0 Å². The van der Waals surface area contributed by atoms with Crippen LogP contribution in [0.25, 0.3) is 0 Å². The molecule has 4 nitrogen and oxygen atoms in total. The molecule has 1 aliphatic rings. The molecule has 1 saturated heterocycles. The zero-order valence-corrected chi connectivity index (χ0v) is 15.7. The summed E-state index contributed by atoms with van der Waals surface area (Å²) < 4.78 is 0. The van der Waals surface area contributed by atoms with Crippen LogP contribution in [-0.2, 0) is 0 Å². The molecule has 0 saturated carbocycles. The fraction of sp³-hybridized carbons (Fsp3) is 0.533. The molecule has 0 amide bonds. The van der Waals surface area contributed by atoms with Gasteiger partial charge in [-0.05, 0) is 38.5 Å². The van der Waals surface area contributed by atoms with Gasteiger partial charge in [0.15, 0.2) is 5.96 Å². The average Bonchev–Trinajstić information content (AvgIpc) is 2.88. The highest BCUT2D eigenvalue weighted by Gasteiger charge is 2.23. The minimum atomic E-state index is 0. The van der Waals surface area contributed by atoms with Crippen LogP contribution < -0.4 is 15.5 Å². The number of hydrogen-bond acceptors (Lipinski definition) is 2. The van der Waals surface area contributed by atoms with Crippen LogP contribution in [0.4, 0.5) is 5.69 Å². The zero-order chi connectivity index (χ0) is 14.4. The summed E-state index contributed by atoms with van der Waals surface area (Å²) in [7, 11) is 0. The molecular formula is C15H24ClIN4. The Hall–Kier alpha value is -0.690. The summed E-state index contributed by atoms with van der Waals surface area (Å²) in [6, 6.07) is 8.47. The largest absolute Gasteiger partial charge is 0.369 e. The van der Waals surface area contributed by atoms with E-state index in [2.05, 4.69) is 33.5 Å². The van der Waals surface area contributed by atoms with Crippen LogP contribution in [-0.4, -0.2) is 38.2 Å². The first-order valence-corrected chi connectivity index (χ1v) is 7.66. The van der Waals surface area contributed by atoms with Crippen LogP contribution in [0.1, 0.15) is 20.3 Å². The van der Waals surface area contributed by atoms with Gasteiger partial charge in [-0.15, -0.1) is 24.0 Å². The molecule has 0 aliphatic carbocycles. The Morgan fingerprint density at radius 1 is 1.43 bits per heavy atom. The fourth-order valence-corrected chi connectivity index (χ4v) is 2.64. The molecule has 1 aliphatic heterocycles. The minimum Gasteiger partial charge on any atom is -0.369 e. The second-order valence-corrected chi connectivity index (χ2v) is 5.35. The van der Waals surface area contributed by atoms with E-state index >= 15 is 0 Å². The maximum Gasteiger partial charge on any atom is 0.191 e. The fourth-order valence-electron chi connectivity index (χ4n) is 2.46. The summed E-state index contributed by atoms with van der Waals surface area (Å²) in [6.07, 6.45) is 1.11. The number of halogens is 2. The second-order valence-electron chi connectivity index (χ2n) is 4.91. The number of benzene rings is 1. The van der Waals surface area contributed by atoms with E-state index in [9.17, 15) is 0 Å². The van der Waals surface area contributed by atoms with Crippen molar-refractivity contribution in [1.29, 1.82) is 0 Å². The zero-order valence-electron chi connectivity index (χ0n) is 12.6. The van der Waals surface area contributed by atoms with Crippen LogP contribution in [0.5, 0.6) is 0 Å². The molecule has 1 aromatic carbocycles. The summed E-state index contributed by atoms with van der Waals surface area (Å²) >= 11 is 6.06. The molecule has 1 atom stereocenters. The Morgan fingerprint density at radius 2 is 2.24 bits per heavy atom. The van der Waals surface area contributed by atoms with Gasteiger partial charge in [0, 0.05) is 42.9 Å². The first kappa shape index (κ1) is 18.4. The molecule has 6 heteroatoms. The third-order valence-electron chi connectivity index (χ3n) is 3.36. The predicted molar refractivity (Wildman–Crippen MR) is 102 cm³/mol. The summed E-state index contributed by atoms with van der Waals surface area (Å²) in [6.45, 7) is 7.83. The Bertz CT molecular complexity index is 467. The van der Waals surface area contributed by atoms with E-state index in [0.717, 1.165) is 43.6 Å². The van der Waals surface area contributed by atoms with Crippen LogP contribution in [0.2, 0.25) is 5.02 Å². The van der Waals surface area contributed by atoms with Crippen molar-refractivity contribution >= 4 is 47.2 Å². The number of anilines is 1. The Morgan fingerprint density at radius 3 is 2.90 bits per heavy atom. The van der Waals surface area contributed by atoms with Crippen molar-refractivity contribution < 1.29 is 0 Å². The van der Waals surface area contributed by atoms with E-state index in [0.29, 0.717) is 6.04 Å². The number of rotatable bonds is 4. The van der Waals surface area contributed by atoms with Crippen LogP contribution >= 0.6 is 35.6 Å². The smallest absolute Gasteiger partial charge is 0.191 e. The van der Waals surface area contributed by atoms with Gasteiger partial charge in [-0.1, -0.05) is 17.7 Å². The van der Waals surface area contributed by atoms with Crippen LogP contribution in [0.3, 0.4) is 0 Å². The van der Waals surface area contributed by atoms with E-state index in [1.807, 2.05) is 25.1 Å². The number of hydrogen-bond donors (Lipinski definition) is 2. The van der Waals surface area contributed by atoms with E-state index in [4.69, 9.17) is 11.6 Å². The molecule has 0 radical (unpaired) electrons. The Balaban J connectivity index is 0.00000220. The quantitative estimate of drug-likeness (QED) is 0.445. The Labute approximate surface area is 149 Å². The van der Waals surface area contributed by atoms with Crippen molar-refractivity contribution in [3.63, 3.8) is 0 Å². The van der Waals surface area contributed by atoms with Gasteiger partial charge in [-0.3, -0.25) is 4.99 Å². The predicted octanol–water partition coefficient (Wildman–Crippen LogP) is 3.11. The molecular weight excluding hydrogens is 399 g/mol. The number of aliphatic imine (C=N–C) groups is 1. The molecule has 2 N–H and O–H groups in total. The highest BCUT2D eigenvalue weighted by Crippen LogP contribution is 2.23. The van der Waals surface area contributed by atoms with E-state index < -0.39 is 0 Å². The molecule has 0 spiro atoms. The number of guanidine groups is 1. The maximum absolute atomic E-state index is 6.06. The van der Waals surface area contributed by atoms with E-state index in [-0.39, 0.29) is 24.0 Å². The highest BCUT2D eigenvalue weighted by atomic mass is 127. The third kappa shape index (κ3) is 5.54. The molecule has 1 heterocycles. The molecule has 1 fully saturated rings. The van der Waals surface area contributed by atoms with Crippen LogP contribution in [0, 0.1) is 0 Å². The third-order valence-corrected chi connectivity index (χ3v) is 3.60. The number of nitrogens with one attached hydrogen (secondary N) is 2. The van der Waals surface area contributed by atoms with Gasteiger partial charge in [-0.2, -0.15) is 0 Å². The molecule has 2 rings (SSSR count). The van der Waals surface area contributed by atoms with Gasteiger partial charge >= 0.3 is 0 Å². The van der Waals surface area contributed by atoms with Gasteiger partial charge in [-0.25, -0.2) is 0 Å². The average molecular weight is 423 g/mol. The minimum absolute atomic E-state index is 0. The summed E-state index contributed by atoms with van der Waals surface area (Å²) in [5, 5.41) is 7.56. The van der Waals surface area contributed by atoms with Crippen molar-refractivity contribution in [2.45, 2.75) is 26.3 Å². The molecule has 21 heavy (non-hydrogen) atoms. The Kier molecular flexibility index (Phi) is 8.18. The monoisotopic (exact) mass is 422 g/mol. The van der Waals surface area contributed by atoms with Gasteiger partial charge in [0.2, 0.25) is 0 Å². The summed E-state index contributed by atoms with van der Waals surface area (Å²) in [5.41, 5.74) is 1.19. The van der Waals surface area contributed by atoms with Crippen molar-refractivity contribution in [2.24, 2.45) is 4.99 Å². The number of nitrogens with zero attached hydrogens (tertiary/aromatic N) is 2. The molecule has 0 aromatic heterocycles. The van der Waals surface area contributed by atoms with Gasteiger partial charge < -0.3 is 15.5 Å². The highest BCUT2D eigenvalue weighted by molar-refractivity contribution is 14.0. The second kappa shape index (κ2) is 9.35. The lowest BCUT2D eigenvalue weighted by Gasteiger charge is -2.20. The summed E-state index contributed by atoms with van der Waals surface area (Å²) in [4.78, 5) is 6.80. The lowest BCUT2D eigenvalue weighted by atomic mass is 10.3. The van der Waals surface area contributed by atoms with E-state index in [1.54, 1.807) is 0 Å². The van der Waals surface area contributed by atoms with Crippen molar-refractivity contribution in [3.05, 3.63) is 29.3 Å². The standard InChI is InChI=1S/C15H23ClN4.HI/c1-3-17-15(18-4-2)19-13-8-9-20(11-13)14-7-5-6-12(16)10-14;/h5-7,10,13H,3-4,8-9,11H2,1-2H3,(H2,17,18,19);1H. The molecule has 0 bridgehead atoms. The topological polar surface area (TPSA) is 39.7 Å². The SMILES string of the molecule is CCN=C(NCC)NC1CCN(c2cccc(Cl)c2)C1.I. The first-order valence-electron chi connectivity index (χ1n) is 7.28. The van der Waals surface area contributed by atoms with E-state index in [1.165, 1.54) is 5.69 Å². The van der Waals surface area contributed by atoms with Crippen LogP contribution in [0.15, 0.2) is 29.3 Å². The first-order chi connectivity index (χ1) is 9.72. The molecule has 1 unspecified atom stereocenters. The molecule has 118 valence electrons.